The number of anilines is 1. The molecule has 29 heavy (non-hydrogen) atoms. The summed E-state index contributed by atoms with van der Waals surface area (Å²) < 4.78 is 27.2. The molecule has 0 saturated heterocycles. The fourth-order valence-electron chi connectivity index (χ4n) is 2.20. The van der Waals surface area contributed by atoms with Gasteiger partial charge in [-0.2, -0.15) is 0 Å². The van der Waals surface area contributed by atoms with E-state index in [1.54, 1.807) is 36.0 Å². The minimum absolute atomic E-state index is 0.265. The maximum atomic E-state index is 13.6. The van der Waals surface area contributed by atoms with Crippen LogP contribution in [-0.4, -0.2) is 22.7 Å². The van der Waals surface area contributed by atoms with Gasteiger partial charge in [-0.15, -0.1) is 11.8 Å². The van der Waals surface area contributed by atoms with Gasteiger partial charge in [0.15, 0.2) is 0 Å². The largest absolute Gasteiger partial charge is 0.390 e. The van der Waals surface area contributed by atoms with E-state index in [0.717, 1.165) is 41.0 Å². The van der Waals surface area contributed by atoms with Crippen LogP contribution < -0.4 is 10.6 Å². The van der Waals surface area contributed by atoms with Crippen molar-refractivity contribution in [1.29, 1.82) is 0 Å². The molecule has 2 N–H and O–H groups in total. The summed E-state index contributed by atoms with van der Waals surface area (Å²) in [6, 6.07) is 8.74. The van der Waals surface area contributed by atoms with Gasteiger partial charge in [0, 0.05) is 5.69 Å². The molecule has 0 aliphatic carbocycles. The number of oxime groups is 1. The normalized spacial score (nSPS) is 11.1. The molecule has 2 aromatic carbocycles. The Morgan fingerprint density at radius 1 is 1.10 bits per heavy atom. The van der Waals surface area contributed by atoms with Gasteiger partial charge in [-0.25, -0.2) is 13.6 Å². The SMILES string of the molecule is CCCS/C(C)=N\OCc1ccc(NC(=O)NC(=O)c2c(F)cccc2F)cc1. The van der Waals surface area contributed by atoms with E-state index in [2.05, 4.69) is 17.4 Å². The maximum absolute atomic E-state index is 13.6. The number of amides is 3. The lowest BCUT2D eigenvalue weighted by atomic mass is 10.2. The Balaban J connectivity index is 1.86. The van der Waals surface area contributed by atoms with Gasteiger partial charge in [0.1, 0.15) is 28.8 Å². The standard InChI is InChI=1S/C20H21F2N3O3S/c1-3-11-29-13(2)25-28-12-14-7-9-15(10-8-14)23-20(27)24-19(26)18-16(21)5-4-6-17(18)22/h4-10H,3,11-12H2,1-2H3,(H2,23,24,26,27)/b25-13-. The zero-order chi connectivity index (χ0) is 21.2. The van der Waals surface area contributed by atoms with E-state index in [4.69, 9.17) is 4.84 Å². The van der Waals surface area contributed by atoms with Gasteiger partial charge in [0.25, 0.3) is 5.91 Å². The molecule has 154 valence electrons. The molecule has 2 aromatic rings. The van der Waals surface area contributed by atoms with Gasteiger partial charge in [-0.05, 0) is 48.9 Å². The number of thioether (sulfide) groups is 1. The van der Waals surface area contributed by atoms with Crippen LogP contribution in [0.25, 0.3) is 0 Å². The summed E-state index contributed by atoms with van der Waals surface area (Å²) in [6.07, 6.45) is 1.06. The molecule has 6 nitrogen and oxygen atoms in total. The van der Waals surface area contributed by atoms with E-state index in [0.29, 0.717) is 5.69 Å². The van der Waals surface area contributed by atoms with Crippen LogP contribution in [-0.2, 0) is 11.4 Å². The van der Waals surface area contributed by atoms with Gasteiger partial charge >= 0.3 is 6.03 Å². The summed E-state index contributed by atoms with van der Waals surface area (Å²) in [7, 11) is 0. The number of carbonyl (C=O) groups excluding carboxylic acids is 2. The number of nitrogens with zero attached hydrogens (tertiary/aromatic N) is 1. The van der Waals surface area contributed by atoms with Gasteiger partial charge in [-0.1, -0.05) is 30.3 Å². The van der Waals surface area contributed by atoms with Crippen molar-refractivity contribution in [2.75, 3.05) is 11.1 Å². The Morgan fingerprint density at radius 2 is 1.76 bits per heavy atom. The van der Waals surface area contributed by atoms with Crippen LogP contribution in [0.3, 0.4) is 0 Å². The second-order valence-electron chi connectivity index (χ2n) is 5.93. The third kappa shape index (κ3) is 7.19. The molecule has 9 heteroatoms. The molecule has 0 fully saturated rings. The Morgan fingerprint density at radius 3 is 2.38 bits per heavy atom. The van der Waals surface area contributed by atoms with Crippen molar-refractivity contribution in [2.45, 2.75) is 26.9 Å². The predicted molar refractivity (Wildman–Crippen MR) is 110 cm³/mol. The maximum Gasteiger partial charge on any atom is 0.326 e. The molecule has 0 aliphatic rings. The summed E-state index contributed by atoms with van der Waals surface area (Å²) in [5.74, 6) is -2.29. The van der Waals surface area contributed by atoms with Crippen molar-refractivity contribution < 1.29 is 23.2 Å². The molecule has 0 spiro atoms. The van der Waals surface area contributed by atoms with Crippen LogP contribution in [0.2, 0.25) is 0 Å². The highest BCUT2D eigenvalue weighted by atomic mass is 32.2. The number of imide groups is 1. The van der Waals surface area contributed by atoms with E-state index in [1.807, 2.05) is 12.2 Å². The molecule has 0 aliphatic heterocycles. The first kappa shape index (κ1) is 22.4. The third-order valence-corrected chi connectivity index (χ3v) is 4.67. The lowest BCUT2D eigenvalue weighted by Gasteiger charge is -2.08. The Bertz CT molecular complexity index is 869. The molecule has 0 saturated carbocycles. The quantitative estimate of drug-likeness (QED) is 0.378. The van der Waals surface area contributed by atoms with E-state index < -0.39 is 29.1 Å². The molecule has 0 unspecified atom stereocenters. The van der Waals surface area contributed by atoms with Gasteiger partial charge < -0.3 is 10.2 Å². The molecule has 0 atom stereocenters. The van der Waals surface area contributed by atoms with E-state index >= 15 is 0 Å². The highest BCUT2D eigenvalue weighted by Crippen LogP contribution is 2.13. The van der Waals surface area contributed by atoms with Crippen molar-refractivity contribution in [1.82, 2.24) is 5.32 Å². The van der Waals surface area contributed by atoms with Crippen molar-refractivity contribution in [3.8, 4) is 0 Å². The monoisotopic (exact) mass is 421 g/mol. The highest BCUT2D eigenvalue weighted by Gasteiger charge is 2.19. The number of carbonyl (C=O) groups is 2. The lowest BCUT2D eigenvalue weighted by molar-refractivity contribution is 0.0959. The van der Waals surface area contributed by atoms with Crippen molar-refractivity contribution in [2.24, 2.45) is 5.16 Å². The minimum atomic E-state index is -1.17. The van der Waals surface area contributed by atoms with E-state index in [-0.39, 0.29) is 6.61 Å². The third-order valence-electron chi connectivity index (χ3n) is 3.57. The molecule has 0 radical (unpaired) electrons. The number of rotatable bonds is 7. The van der Waals surface area contributed by atoms with Crippen LogP contribution in [0.5, 0.6) is 0 Å². The Labute approximate surface area is 171 Å². The van der Waals surface area contributed by atoms with Crippen LogP contribution in [0.1, 0.15) is 36.2 Å². The minimum Gasteiger partial charge on any atom is -0.390 e. The second-order valence-corrected chi connectivity index (χ2v) is 7.22. The van der Waals surface area contributed by atoms with Crippen LogP contribution in [0.4, 0.5) is 19.3 Å². The topological polar surface area (TPSA) is 79.8 Å². The number of benzene rings is 2. The van der Waals surface area contributed by atoms with Crippen LogP contribution >= 0.6 is 11.8 Å². The first-order valence-electron chi connectivity index (χ1n) is 8.85. The van der Waals surface area contributed by atoms with Gasteiger partial charge in [0.2, 0.25) is 0 Å². The predicted octanol–water partition coefficient (Wildman–Crippen LogP) is 4.92. The molecular formula is C20H21F2N3O3S. The summed E-state index contributed by atoms with van der Waals surface area (Å²) in [5, 5.41) is 9.16. The second kappa shape index (κ2) is 11.2. The van der Waals surface area contributed by atoms with Gasteiger partial charge in [-0.3, -0.25) is 10.1 Å². The van der Waals surface area contributed by atoms with Crippen LogP contribution in [0, 0.1) is 11.6 Å². The first-order valence-corrected chi connectivity index (χ1v) is 9.84. The van der Waals surface area contributed by atoms with E-state index in [9.17, 15) is 18.4 Å². The smallest absolute Gasteiger partial charge is 0.326 e. The zero-order valence-electron chi connectivity index (χ0n) is 16.0. The highest BCUT2D eigenvalue weighted by molar-refractivity contribution is 8.13. The first-order chi connectivity index (χ1) is 13.9. The summed E-state index contributed by atoms with van der Waals surface area (Å²) in [6.45, 7) is 4.23. The number of hydrogen-bond acceptors (Lipinski definition) is 5. The van der Waals surface area contributed by atoms with Crippen LogP contribution in [0.15, 0.2) is 47.6 Å². The average molecular weight is 421 g/mol. The number of urea groups is 1. The lowest BCUT2D eigenvalue weighted by Crippen LogP contribution is -2.35. The summed E-state index contributed by atoms with van der Waals surface area (Å²) in [4.78, 5) is 29.1. The van der Waals surface area contributed by atoms with Crippen molar-refractivity contribution >= 4 is 34.4 Å². The van der Waals surface area contributed by atoms with Crippen molar-refractivity contribution in [3.05, 3.63) is 65.2 Å². The Kier molecular flexibility index (Phi) is 8.60. The average Bonchev–Trinajstić information content (AvgIpc) is 2.67. The molecule has 0 aromatic heterocycles. The molecule has 0 heterocycles. The van der Waals surface area contributed by atoms with Crippen molar-refractivity contribution in [3.63, 3.8) is 0 Å². The Hall–Kier alpha value is -2.94. The number of hydrogen-bond donors (Lipinski definition) is 2. The summed E-state index contributed by atoms with van der Waals surface area (Å²) in [5.41, 5.74) is 0.409. The molecule has 2 rings (SSSR count). The van der Waals surface area contributed by atoms with Gasteiger partial charge in [0.05, 0.1) is 0 Å². The molecule has 3 amide bonds. The number of halogens is 2. The zero-order valence-corrected chi connectivity index (χ0v) is 16.8. The fourth-order valence-corrected chi connectivity index (χ4v) is 2.81. The summed E-state index contributed by atoms with van der Waals surface area (Å²) >= 11 is 1.62. The fraction of sp³-hybridized carbons (Fsp3) is 0.250. The van der Waals surface area contributed by atoms with E-state index in [1.165, 1.54) is 0 Å². The molecular weight excluding hydrogens is 400 g/mol. The molecule has 0 bridgehead atoms. The number of nitrogens with one attached hydrogen (secondary N) is 2.